The quantitative estimate of drug-likeness (QED) is 0.523. The first-order valence-corrected chi connectivity index (χ1v) is 3.22. The van der Waals surface area contributed by atoms with Gasteiger partial charge in [0.2, 0.25) is 0 Å². The third kappa shape index (κ3) is 1.05. The molecule has 9 heavy (non-hydrogen) atoms. The van der Waals surface area contributed by atoms with Gasteiger partial charge in [0.15, 0.2) is 0 Å². The van der Waals surface area contributed by atoms with E-state index in [0.29, 0.717) is 6.42 Å². The van der Waals surface area contributed by atoms with Crippen molar-refractivity contribution in [1.29, 1.82) is 0 Å². The van der Waals surface area contributed by atoms with Crippen molar-refractivity contribution in [3.05, 3.63) is 0 Å². The van der Waals surface area contributed by atoms with Gasteiger partial charge in [0, 0.05) is 13.1 Å². The molecule has 1 fully saturated rings. The predicted molar refractivity (Wildman–Crippen MR) is 32.9 cm³/mol. The molecule has 0 spiro atoms. The highest BCUT2D eigenvalue weighted by Gasteiger charge is 2.27. The number of amides is 1. The summed E-state index contributed by atoms with van der Waals surface area (Å²) in [7, 11) is 0. The van der Waals surface area contributed by atoms with Crippen LogP contribution in [-0.4, -0.2) is 35.1 Å². The average molecular weight is 129 g/mol. The molecule has 0 aromatic rings. The highest BCUT2D eigenvalue weighted by molar-refractivity contribution is 5.82. The van der Waals surface area contributed by atoms with Crippen LogP contribution in [0.2, 0.25) is 0 Å². The Kier molecular flexibility index (Phi) is 1.71. The number of rotatable bonds is 1. The summed E-state index contributed by atoms with van der Waals surface area (Å²) in [5.41, 5.74) is 0. The van der Waals surface area contributed by atoms with E-state index in [0.717, 1.165) is 13.1 Å². The number of hydrogen-bond acceptors (Lipinski definition) is 2. The summed E-state index contributed by atoms with van der Waals surface area (Å²) in [6.45, 7) is 3.35. The molecule has 0 aromatic heterocycles. The van der Waals surface area contributed by atoms with Gasteiger partial charge in [-0.05, 0) is 13.3 Å². The van der Waals surface area contributed by atoms with E-state index in [4.69, 9.17) is 5.11 Å². The summed E-state index contributed by atoms with van der Waals surface area (Å²) >= 11 is 0. The summed E-state index contributed by atoms with van der Waals surface area (Å²) in [6.07, 6.45) is -0.114. The Labute approximate surface area is 54.3 Å². The average Bonchev–Trinajstić information content (AvgIpc) is 2.15. The number of nitrogens with zero attached hydrogens (tertiary/aromatic N) is 1. The van der Waals surface area contributed by atoms with Crippen molar-refractivity contribution >= 4 is 5.91 Å². The molecule has 0 radical (unpaired) electrons. The van der Waals surface area contributed by atoms with E-state index in [9.17, 15) is 4.79 Å². The molecule has 1 rings (SSSR count). The molecule has 0 aromatic carbocycles. The minimum Gasteiger partial charge on any atom is -0.383 e. The first-order chi connectivity index (χ1) is 4.25. The number of likely N-dealkylation sites (N-methyl/N-ethyl adjacent to an activating group) is 1. The fraction of sp³-hybridized carbons (Fsp3) is 0.833. The Morgan fingerprint density at radius 1 is 1.89 bits per heavy atom. The maximum absolute atomic E-state index is 10.8. The number of likely N-dealkylation sites (tertiary alicyclic amines) is 1. The molecule has 1 amide bonds. The zero-order valence-electron chi connectivity index (χ0n) is 5.50. The summed E-state index contributed by atoms with van der Waals surface area (Å²) < 4.78 is 0. The molecule has 0 aliphatic carbocycles. The number of aliphatic hydroxyl groups is 1. The molecular formula is C6H11NO2. The van der Waals surface area contributed by atoms with Gasteiger partial charge >= 0.3 is 0 Å². The van der Waals surface area contributed by atoms with Crippen LogP contribution in [0.5, 0.6) is 0 Å². The van der Waals surface area contributed by atoms with Crippen LogP contribution in [0, 0.1) is 0 Å². The molecule has 3 nitrogen and oxygen atoms in total. The summed E-state index contributed by atoms with van der Waals surface area (Å²) in [5.74, 6) is -0.113. The van der Waals surface area contributed by atoms with Crippen LogP contribution in [0.4, 0.5) is 0 Å². The van der Waals surface area contributed by atoms with E-state index < -0.39 is 6.10 Å². The van der Waals surface area contributed by atoms with Gasteiger partial charge in [-0.1, -0.05) is 0 Å². The maximum Gasteiger partial charge on any atom is 0.251 e. The Morgan fingerprint density at radius 2 is 2.56 bits per heavy atom. The van der Waals surface area contributed by atoms with Gasteiger partial charge in [-0.2, -0.15) is 0 Å². The van der Waals surface area contributed by atoms with Gasteiger partial charge in [0.05, 0.1) is 0 Å². The van der Waals surface area contributed by atoms with Crippen LogP contribution in [0.15, 0.2) is 0 Å². The normalized spacial score (nSPS) is 27.6. The van der Waals surface area contributed by atoms with E-state index in [1.807, 2.05) is 6.92 Å². The van der Waals surface area contributed by atoms with Gasteiger partial charge < -0.3 is 10.0 Å². The molecule has 3 heteroatoms. The van der Waals surface area contributed by atoms with Crippen molar-refractivity contribution < 1.29 is 9.90 Å². The lowest BCUT2D eigenvalue weighted by Crippen LogP contribution is -2.28. The monoisotopic (exact) mass is 129 g/mol. The minimum absolute atomic E-state index is 0.113. The number of carbonyl (C=O) groups is 1. The molecule has 52 valence electrons. The van der Waals surface area contributed by atoms with Gasteiger partial charge in [0.25, 0.3) is 5.91 Å². The first-order valence-electron chi connectivity index (χ1n) is 3.22. The molecule has 0 unspecified atom stereocenters. The molecule has 0 bridgehead atoms. The molecule has 1 atom stereocenters. The lowest BCUT2D eigenvalue weighted by molar-refractivity contribution is -0.134. The number of hydrogen-bond donors (Lipinski definition) is 1. The topological polar surface area (TPSA) is 40.5 Å². The smallest absolute Gasteiger partial charge is 0.251 e. The fourth-order valence-electron chi connectivity index (χ4n) is 1.04. The van der Waals surface area contributed by atoms with Gasteiger partial charge in [0.1, 0.15) is 6.10 Å². The zero-order chi connectivity index (χ0) is 6.85. The Hall–Kier alpha value is -0.570. The van der Waals surface area contributed by atoms with Crippen LogP contribution < -0.4 is 0 Å². The lowest BCUT2D eigenvalue weighted by Gasteiger charge is -2.10. The second-order valence-corrected chi connectivity index (χ2v) is 2.22. The minimum atomic E-state index is -0.718. The van der Waals surface area contributed by atoms with Crippen molar-refractivity contribution in [3.8, 4) is 0 Å². The molecule has 1 saturated heterocycles. The highest BCUT2D eigenvalue weighted by Crippen LogP contribution is 2.08. The number of carbonyl (C=O) groups excluding carboxylic acids is 1. The molecule has 0 saturated carbocycles. The van der Waals surface area contributed by atoms with Crippen LogP contribution in [0.3, 0.4) is 0 Å². The fourth-order valence-corrected chi connectivity index (χ4v) is 1.04. The van der Waals surface area contributed by atoms with Gasteiger partial charge in [-0.25, -0.2) is 0 Å². The van der Waals surface area contributed by atoms with Crippen LogP contribution in [-0.2, 0) is 4.79 Å². The van der Waals surface area contributed by atoms with Crippen LogP contribution in [0.1, 0.15) is 13.3 Å². The second-order valence-electron chi connectivity index (χ2n) is 2.22. The second kappa shape index (κ2) is 2.35. The molecule has 1 heterocycles. The van der Waals surface area contributed by atoms with Gasteiger partial charge in [-0.3, -0.25) is 4.79 Å². The maximum atomic E-state index is 10.8. The molecule has 1 aliphatic rings. The van der Waals surface area contributed by atoms with E-state index in [-0.39, 0.29) is 5.91 Å². The summed E-state index contributed by atoms with van der Waals surface area (Å²) in [5, 5.41) is 8.91. The summed E-state index contributed by atoms with van der Waals surface area (Å²) in [4.78, 5) is 12.5. The Morgan fingerprint density at radius 3 is 2.78 bits per heavy atom. The van der Waals surface area contributed by atoms with E-state index in [2.05, 4.69) is 0 Å². The lowest BCUT2D eigenvalue weighted by atomic mass is 10.3. The third-order valence-electron chi connectivity index (χ3n) is 1.65. The van der Waals surface area contributed by atoms with Crippen LogP contribution >= 0.6 is 0 Å². The van der Waals surface area contributed by atoms with Crippen molar-refractivity contribution in [2.45, 2.75) is 19.4 Å². The molecule has 1 aliphatic heterocycles. The SMILES string of the molecule is CCN1CC[C@H](O)C1=O. The Bertz CT molecular complexity index is 124. The van der Waals surface area contributed by atoms with E-state index >= 15 is 0 Å². The third-order valence-corrected chi connectivity index (χ3v) is 1.65. The predicted octanol–water partition coefficient (Wildman–Crippen LogP) is -0.401. The standard InChI is InChI=1S/C6H11NO2/c1-2-7-4-3-5(8)6(7)9/h5,8H,2-4H2,1H3/t5-/m0/s1. The first kappa shape index (κ1) is 6.55. The molecular weight excluding hydrogens is 118 g/mol. The molecule has 1 N–H and O–H groups in total. The number of aliphatic hydroxyl groups excluding tert-OH is 1. The van der Waals surface area contributed by atoms with Crippen molar-refractivity contribution in [2.24, 2.45) is 0 Å². The largest absolute Gasteiger partial charge is 0.383 e. The van der Waals surface area contributed by atoms with E-state index in [1.165, 1.54) is 0 Å². The van der Waals surface area contributed by atoms with Crippen molar-refractivity contribution in [2.75, 3.05) is 13.1 Å². The van der Waals surface area contributed by atoms with Crippen LogP contribution in [0.25, 0.3) is 0 Å². The highest BCUT2D eigenvalue weighted by atomic mass is 16.3. The Balaban J connectivity index is 2.51. The van der Waals surface area contributed by atoms with Crippen molar-refractivity contribution in [3.63, 3.8) is 0 Å². The van der Waals surface area contributed by atoms with Gasteiger partial charge in [-0.15, -0.1) is 0 Å². The van der Waals surface area contributed by atoms with Crippen molar-refractivity contribution in [1.82, 2.24) is 4.90 Å². The zero-order valence-corrected chi connectivity index (χ0v) is 5.50. The summed E-state index contributed by atoms with van der Waals surface area (Å²) in [6, 6.07) is 0. The van der Waals surface area contributed by atoms with E-state index in [1.54, 1.807) is 4.90 Å².